The number of fused-ring (bicyclic) bond motifs is 2. The van der Waals surface area contributed by atoms with Crippen molar-refractivity contribution in [3.8, 4) is 0 Å². The zero-order chi connectivity index (χ0) is 28.8. The van der Waals surface area contributed by atoms with Gasteiger partial charge in [0, 0.05) is 28.8 Å². The molecule has 14 nitrogen and oxygen atoms in total. The van der Waals surface area contributed by atoms with Crippen LogP contribution in [0, 0.1) is 0 Å². The lowest BCUT2D eigenvalue weighted by Crippen LogP contribution is -2.71. The fourth-order valence-electron chi connectivity index (χ4n) is 4.14. The van der Waals surface area contributed by atoms with E-state index < -0.39 is 46.5 Å². The molecule has 40 heavy (non-hydrogen) atoms. The minimum atomic E-state index is -1.77. The quantitative estimate of drug-likeness (QED) is 0.125. The number of carboxylic acids is 2. The molecule has 0 spiro atoms. The average Bonchev–Trinajstić information content (AvgIpc) is 3.56. The molecule has 3 aromatic heterocycles. The molecule has 3 aromatic rings. The average molecular weight is 587 g/mol. The minimum absolute atomic E-state index is 0.0177. The maximum absolute atomic E-state index is 13.2. The summed E-state index contributed by atoms with van der Waals surface area (Å²) in [5.74, 6) is -4.11. The Kier molecular flexibility index (Phi) is 6.97. The molecule has 16 heteroatoms. The molecule has 0 aromatic carbocycles. The number of amides is 2. The van der Waals surface area contributed by atoms with Gasteiger partial charge in [0.05, 0.1) is 17.9 Å². The predicted molar refractivity (Wildman–Crippen MR) is 139 cm³/mol. The molecule has 5 heterocycles. The summed E-state index contributed by atoms with van der Waals surface area (Å²) in [4.78, 5) is 60.1. The summed E-state index contributed by atoms with van der Waals surface area (Å²) in [6, 6.07) is 4.21. The number of thioether (sulfide) groups is 1. The molecule has 5 rings (SSSR count). The molecule has 2 aliphatic rings. The maximum Gasteiger partial charge on any atom is 0.350 e. The van der Waals surface area contributed by atoms with Gasteiger partial charge in [0.1, 0.15) is 17.1 Å². The van der Waals surface area contributed by atoms with E-state index in [1.165, 1.54) is 37.3 Å². The Labute approximate surface area is 234 Å². The van der Waals surface area contributed by atoms with Crippen LogP contribution >= 0.6 is 23.1 Å². The van der Waals surface area contributed by atoms with Gasteiger partial charge >= 0.3 is 5.97 Å². The van der Waals surface area contributed by atoms with Gasteiger partial charge in [0.25, 0.3) is 17.3 Å². The summed E-state index contributed by atoms with van der Waals surface area (Å²) >= 11 is 2.30. The third-order valence-electron chi connectivity index (χ3n) is 6.24. The first-order valence-electron chi connectivity index (χ1n) is 11.7. The number of furan rings is 1. The molecule has 2 aliphatic heterocycles. The molecule has 208 valence electrons. The summed E-state index contributed by atoms with van der Waals surface area (Å²) in [5, 5.41) is 28.6. The number of hydrogen-bond donors (Lipinski definition) is 3. The Morgan fingerprint density at radius 2 is 2.17 bits per heavy atom. The van der Waals surface area contributed by atoms with Gasteiger partial charge in [-0.05, 0) is 19.9 Å². The summed E-state index contributed by atoms with van der Waals surface area (Å²) in [7, 11) is 0. The van der Waals surface area contributed by atoms with Gasteiger partial charge in [-0.2, -0.15) is 4.57 Å². The summed E-state index contributed by atoms with van der Waals surface area (Å²) in [6.45, 7) is 2.67. The van der Waals surface area contributed by atoms with Crippen molar-refractivity contribution < 1.29 is 43.2 Å². The van der Waals surface area contributed by atoms with E-state index in [4.69, 9.17) is 15.0 Å². The lowest BCUT2D eigenvalue weighted by molar-refractivity contribution is -0.663. The molecule has 2 atom stereocenters. The molecule has 1 saturated heterocycles. The van der Waals surface area contributed by atoms with Crippen molar-refractivity contribution >= 4 is 68.8 Å². The first-order valence-corrected chi connectivity index (χ1v) is 13.7. The van der Waals surface area contributed by atoms with E-state index in [0.717, 1.165) is 21.8 Å². The second kappa shape index (κ2) is 10.3. The lowest BCUT2D eigenvalue weighted by Gasteiger charge is -2.50. The number of thiazole rings is 1. The van der Waals surface area contributed by atoms with E-state index in [9.17, 15) is 29.4 Å². The molecular formula is C24H22N6O8S2. The number of nitrogens with zero attached hydrogens (tertiary/aromatic N) is 4. The van der Waals surface area contributed by atoms with Crippen molar-refractivity contribution in [3.05, 3.63) is 53.0 Å². The second-order valence-corrected chi connectivity index (χ2v) is 11.3. The van der Waals surface area contributed by atoms with Gasteiger partial charge in [-0.15, -0.1) is 23.1 Å². The van der Waals surface area contributed by atoms with Crippen LogP contribution in [0.5, 0.6) is 0 Å². The number of β-lactam (4-membered cyclic amide) rings is 1. The largest absolute Gasteiger partial charge is 0.543 e. The first-order chi connectivity index (χ1) is 19.0. The SMILES string of the molecule is CC(C)(ON=C(C(=O)NC1C(=O)N2C(C(=O)[O-])=C(C[n+]3cccc4occc43)CS[C@H]12)c1csc(N)n1)C(=O)O. The van der Waals surface area contributed by atoms with E-state index in [1.54, 1.807) is 24.4 Å². The molecule has 0 aliphatic carbocycles. The van der Waals surface area contributed by atoms with Crippen molar-refractivity contribution in [1.29, 1.82) is 0 Å². The molecule has 0 bridgehead atoms. The summed E-state index contributed by atoms with van der Waals surface area (Å²) in [5.41, 5.74) is 5.12. The van der Waals surface area contributed by atoms with Crippen molar-refractivity contribution in [1.82, 2.24) is 15.2 Å². The van der Waals surface area contributed by atoms with E-state index in [2.05, 4.69) is 15.5 Å². The Morgan fingerprint density at radius 3 is 2.85 bits per heavy atom. The highest BCUT2D eigenvalue weighted by Crippen LogP contribution is 2.40. The van der Waals surface area contributed by atoms with Crippen LogP contribution in [0.15, 0.2) is 56.9 Å². The number of nitrogens with one attached hydrogen (secondary N) is 1. The number of rotatable bonds is 9. The molecule has 4 N–H and O–H groups in total. The highest BCUT2D eigenvalue weighted by Gasteiger charge is 2.53. The number of pyridine rings is 1. The van der Waals surface area contributed by atoms with E-state index in [-0.39, 0.29) is 28.8 Å². The number of oxime groups is 1. The van der Waals surface area contributed by atoms with E-state index in [0.29, 0.717) is 11.2 Å². The Bertz CT molecular complexity index is 1610. The van der Waals surface area contributed by atoms with Crippen LogP contribution in [0.2, 0.25) is 0 Å². The van der Waals surface area contributed by atoms with Gasteiger partial charge in [-0.25, -0.2) is 9.78 Å². The second-order valence-electron chi connectivity index (χ2n) is 9.32. The molecule has 2 amide bonds. The van der Waals surface area contributed by atoms with E-state index >= 15 is 0 Å². The van der Waals surface area contributed by atoms with Crippen LogP contribution in [0.25, 0.3) is 11.1 Å². The monoisotopic (exact) mass is 586 g/mol. The number of aliphatic carboxylic acids is 2. The zero-order valence-electron chi connectivity index (χ0n) is 21.0. The van der Waals surface area contributed by atoms with Crippen LogP contribution in [0.1, 0.15) is 19.5 Å². The lowest BCUT2D eigenvalue weighted by atomic mass is 10.0. The van der Waals surface area contributed by atoms with E-state index in [1.807, 2.05) is 4.57 Å². The minimum Gasteiger partial charge on any atom is -0.543 e. The summed E-state index contributed by atoms with van der Waals surface area (Å²) in [6.07, 6.45) is 3.30. The number of carboxylic acid groups (broad SMARTS) is 2. The molecular weight excluding hydrogens is 564 g/mol. The zero-order valence-corrected chi connectivity index (χ0v) is 22.7. The smallest absolute Gasteiger partial charge is 0.350 e. The number of carbonyl (C=O) groups excluding carboxylic acids is 3. The maximum atomic E-state index is 13.2. The molecule has 0 radical (unpaired) electrons. The van der Waals surface area contributed by atoms with Gasteiger partial charge in [-0.1, -0.05) is 5.16 Å². The van der Waals surface area contributed by atoms with Crippen LogP contribution < -0.4 is 20.7 Å². The van der Waals surface area contributed by atoms with Gasteiger partial charge < -0.3 is 35.3 Å². The Morgan fingerprint density at radius 1 is 1.40 bits per heavy atom. The number of carbonyl (C=O) groups is 4. The highest BCUT2D eigenvalue weighted by molar-refractivity contribution is 8.00. The van der Waals surface area contributed by atoms with Gasteiger partial charge in [0.15, 0.2) is 29.2 Å². The van der Waals surface area contributed by atoms with Crippen molar-refractivity contribution in [3.63, 3.8) is 0 Å². The van der Waals surface area contributed by atoms with Gasteiger partial charge in [-0.3, -0.25) is 14.5 Å². The topological polar surface area (TPSA) is 204 Å². The van der Waals surface area contributed by atoms with Crippen LogP contribution in [-0.4, -0.2) is 67.2 Å². The third kappa shape index (κ3) is 4.86. The Hall–Kier alpha value is -4.44. The molecule has 1 fully saturated rings. The normalized spacial score (nSPS) is 19.3. The highest BCUT2D eigenvalue weighted by atomic mass is 32.2. The number of anilines is 1. The van der Waals surface area contributed by atoms with Crippen molar-refractivity contribution in [2.24, 2.45) is 5.16 Å². The number of nitrogens with two attached hydrogens (primary N) is 1. The number of hydrogen-bond acceptors (Lipinski definition) is 12. The summed E-state index contributed by atoms with van der Waals surface area (Å²) < 4.78 is 7.21. The first kappa shape index (κ1) is 27.1. The van der Waals surface area contributed by atoms with Gasteiger partial charge in [0.2, 0.25) is 5.60 Å². The van der Waals surface area contributed by atoms with Crippen molar-refractivity contribution in [2.45, 2.75) is 37.4 Å². The number of nitrogen functional groups attached to an aromatic ring is 1. The predicted octanol–water partition coefficient (Wildman–Crippen LogP) is -0.553. The standard InChI is InChI=1S/C24H22N6O8S2/c1-24(2,22(35)36)38-28-15(12-10-40-23(25)26-12)18(31)27-16-19(32)30-17(21(33)34)11(9-39-20(16)30)8-29-6-3-4-14-13(29)5-7-37-14/h3-7,10,16,20H,8-9H2,1-2H3,(H4-,25,26,27,31,33,34,35,36)/t16?,20-/m1/s1. The van der Waals surface area contributed by atoms with Crippen LogP contribution in [-0.2, 0) is 30.6 Å². The molecule has 0 saturated carbocycles. The number of aromatic nitrogens is 2. The molecule has 1 unspecified atom stereocenters. The van der Waals surface area contributed by atoms with Crippen LogP contribution in [0.3, 0.4) is 0 Å². The fraction of sp³-hybridized carbons (Fsp3) is 0.292. The Balaban J connectivity index is 1.38. The fourth-order valence-corrected chi connectivity index (χ4v) is 6.02. The third-order valence-corrected chi connectivity index (χ3v) is 8.26. The van der Waals surface area contributed by atoms with Crippen molar-refractivity contribution in [2.75, 3.05) is 11.5 Å². The van der Waals surface area contributed by atoms with Crippen LogP contribution in [0.4, 0.5) is 5.13 Å².